The van der Waals surface area contributed by atoms with Crippen molar-refractivity contribution in [2.45, 2.75) is 31.3 Å². The fourth-order valence-electron chi connectivity index (χ4n) is 2.86. The molecule has 0 N–H and O–H groups in total. The summed E-state index contributed by atoms with van der Waals surface area (Å²) in [5, 5.41) is 0. The van der Waals surface area contributed by atoms with E-state index >= 15 is 0 Å². The molecule has 0 aromatic heterocycles. The zero-order valence-electron chi connectivity index (χ0n) is 9.69. The van der Waals surface area contributed by atoms with Crippen LogP contribution in [0.25, 0.3) is 0 Å². The van der Waals surface area contributed by atoms with Crippen molar-refractivity contribution in [1.82, 2.24) is 4.90 Å². The molecule has 2 heteroatoms. The number of morpholine rings is 1. The first kappa shape index (κ1) is 10.3. The maximum atomic E-state index is 5.65. The lowest BCUT2D eigenvalue weighted by molar-refractivity contribution is -0.111. The molecule has 0 atom stereocenters. The van der Waals surface area contributed by atoms with Crippen molar-refractivity contribution in [1.29, 1.82) is 0 Å². The Kier molecular flexibility index (Phi) is 2.70. The van der Waals surface area contributed by atoms with Crippen molar-refractivity contribution in [3.8, 4) is 0 Å². The van der Waals surface area contributed by atoms with Gasteiger partial charge in [-0.3, -0.25) is 4.90 Å². The zero-order valence-corrected chi connectivity index (χ0v) is 9.69. The lowest BCUT2D eigenvalue weighted by Gasteiger charge is -2.52. The number of rotatable bonds is 2. The minimum absolute atomic E-state index is 0.383. The first-order valence-corrected chi connectivity index (χ1v) is 6.26. The minimum Gasteiger partial charge on any atom is -0.378 e. The molecule has 1 aromatic rings. The van der Waals surface area contributed by atoms with Crippen LogP contribution in [0.15, 0.2) is 30.3 Å². The maximum Gasteiger partial charge on any atom is 0.0651 e. The van der Waals surface area contributed by atoms with Gasteiger partial charge in [0.15, 0.2) is 0 Å². The summed E-state index contributed by atoms with van der Waals surface area (Å²) in [7, 11) is 0. The molecule has 1 aliphatic heterocycles. The van der Waals surface area contributed by atoms with E-state index in [4.69, 9.17) is 4.74 Å². The Labute approximate surface area is 97.2 Å². The molecule has 1 aliphatic carbocycles. The third-order valence-electron chi connectivity index (χ3n) is 4.05. The van der Waals surface area contributed by atoms with E-state index in [2.05, 4.69) is 35.2 Å². The highest BCUT2D eigenvalue weighted by atomic mass is 16.5. The van der Waals surface area contributed by atoms with Crippen LogP contribution < -0.4 is 0 Å². The van der Waals surface area contributed by atoms with Gasteiger partial charge in [0.2, 0.25) is 0 Å². The van der Waals surface area contributed by atoms with E-state index < -0.39 is 0 Å². The molecular weight excluding hydrogens is 198 g/mol. The molecule has 1 saturated carbocycles. The highest BCUT2D eigenvalue weighted by Crippen LogP contribution is 2.40. The van der Waals surface area contributed by atoms with Gasteiger partial charge in [0.1, 0.15) is 0 Å². The van der Waals surface area contributed by atoms with Gasteiger partial charge in [0.05, 0.1) is 13.2 Å². The summed E-state index contributed by atoms with van der Waals surface area (Å²) in [6, 6.07) is 10.8. The molecule has 1 aromatic carbocycles. The lowest BCUT2D eigenvalue weighted by atomic mass is 9.75. The summed E-state index contributed by atoms with van der Waals surface area (Å²) in [6.45, 7) is 4.02. The third-order valence-corrected chi connectivity index (χ3v) is 4.05. The molecule has 86 valence electrons. The Bertz CT molecular complexity index is 345. The molecular formula is C14H19NO. The molecule has 0 bridgehead atoms. The van der Waals surface area contributed by atoms with Crippen LogP contribution in [0.5, 0.6) is 0 Å². The summed E-state index contributed by atoms with van der Waals surface area (Å²) >= 11 is 0. The maximum absolute atomic E-state index is 5.65. The van der Waals surface area contributed by atoms with Crippen LogP contribution in [0, 0.1) is 0 Å². The summed E-state index contributed by atoms with van der Waals surface area (Å²) in [5.41, 5.74) is 1.81. The Hall–Kier alpha value is -0.860. The Morgan fingerprint density at radius 3 is 2.69 bits per heavy atom. The average molecular weight is 217 g/mol. The average Bonchev–Trinajstić information content (AvgIpc) is 2.29. The van der Waals surface area contributed by atoms with Crippen molar-refractivity contribution >= 4 is 0 Å². The van der Waals surface area contributed by atoms with Crippen LogP contribution in [0.4, 0.5) is 0 Å². The van der Waals surface area contributed by atoms with Crippen LogP contribution in [0.2, 0.25) is 0 Å². The van der Waals surface area contributed by atoms with Gasteiger partial charge in [-0.1, -0.05) is 30.3 Å². The number of hydrogen-bond acceptors (Lipinski definition) is 2. The topological polar surface area (TPSA) is 12.5 Å². The Morgan fingerprint density at radius 1 is 1.19 bits per heavy atom. The predicted molar refractivity (Wildman–Crippen MR) is 64.3 cm³/mol. The van der Waals surface area contributed by atoms with E-state index in [1.807, 2.05) is 0 Å². The van der Waals surface area contributed by atoms with Crippen molar-refractivity contribution in [3.05, 3.63) is 35.9 Å². The van der Waals surface area contributed by atoms with Crippen molar-refractivity contribution in [2.75, 3.05) is 19.8 Å². The highest BCUT2D eigenvalue weighted by molar-refractivity contribution is 5.15. The first-order chi connectivity index (χ1) is 7.89. The summed E-state index contributed by atoms with van der Waals surface area (Å²) in [5.74, 6) is 0. The molecule has 2 nitrogen and oxygen atoms in total. The smallest absolute Gasteiger partial charge is 0.0651 e. The normalized spacial score (nSPS) is 24.2. The van der Waals surface area contributed by atoms with E-state index in [9.17, 15) is 0 Å². The van der Waals surface area contributed by atoms with Gasteiger partial charge < -0.3 is 4.74 Å². The zero-order chi connectivity index (χ0) is 10.8. The van der Waals surface area contributed by atoms with E-state index in [-0.39, 0.29) is 0 Å². The summed E-state index contributed by atoms with van der Waals surface area (Å²) < 4.78 is 5.65. The second-order valence-electron chi connectivity index (χ2n) is 5.04. The van der Waals surface area contributed by atoms with Crippen LogP contribution >= 0.6 is 0 Å². The number of hydrogen-bond donors (Lipinski definition) is 0. The van der Waals surface area contributed by atoms with Crippen LogP contribution in [-0.4, -0.2) is 30.2 Å². The molecule has 0 radical (unpaired) electrons. The Morgan fingerprint density at radius 2 is 2.00 bits per heavy atom. The molecule has 0 amide bonds. The fraction of sp³-hybridized carbons (Fsp3) is 0.571. The summed E-state index contributed by atoms with van der Waals surface area (Å²) in [6.07, 6.45) is 4.01. The SMILES string of the molecule is c1ccc(CN2CCOCC23CCC3)cc1. The van der Waals surface area contributed by atoms with E-state index in [0.29, 0.717) is 5.54 Å². The Balaban J connectivity index is 1.73. The van der Waals surface area contributed by atoms with Gasteiger partial charge >= 0.3 is 0 Å². The van der Waals surface area contributed by atoms with Crippen molar-refractivity contribution in [3.63, 3.8) is 0 Å². The molecule has 3 rings (SSSR count). The molecule has 1 spiro atoms. The van der Waals surface area contributed by atoms with Gasteiger partial charge in [-0.05, 0) is 24.8 Å². The largest absolute Gasteiger partial charge is 0.378 e. The van der Waals surface area contributed by atoms with Crippen LogP contribution in [0.1, 0.15) is 24.8 Å². The van der Waals surface area contributed by atoms with E-state index in [1.165, 1.54) is 24.8 Å². The third kappa shape index (κ3) is 1.76. The van der Waals surface area contributed by atoms with Gasteiger partial charge in [-0.25, -0.2) is 0 Å². The fourth-order valence-corrected chi connectivity index (χ4v) is 2.86. The predicted octanol–water partition coefficient (Wildman–Crippen LogP) is 2.44. The van der Waals surface area contributed by atoms with Gasteiger partial charge in [-0.15, -0.1) is 0 Å². The van der Waals surface area contributed by atoms with Gasteiger partial charge in [0, 0.05) is 18.6 Å². The summed E-state index contributed by atoms with van der Waals surface area (Å²) in [4.78, 5) is 2.63. The van der Waals surface area contributed by atoms with Crippen molar-refractivity contribution in [2.24, 2.45) is 0 Å². The molecule has 1 heterocycles. The number of ether oxygens (including phenoxy) is 1. The minimum atomic E-state index is 0.383. The molecule has 16 heavy (non-hydrogen) atoms. The van der Waals surface area contributed by atoms with E-state index in [0.717, 1.165) is 26.3 Å². The lowest BCUT2D eigenvalue weighted by Crippen LogP contribution is -2.60. The van der Waals surface area contributed by atoms with Crippen molar-refractivity contribution < 1.29 is 4.74 Å². The second kappa shape index (κ2) is 4.19. The first-order valence-electron chi connectivity index (χ1n) is 6.26. The second-order valence-corrected chi connectivity index (χ2v) is 5.04. The van der Waals surface area contributed by atoms with Gasteiger partial charge in [-0.2, -0.15) is 0 Å². The highest BCUT2D eigenvalue weighted by Gasteiger charge is 2.44. The van der Waals surface area contributed by atoms with Crippen LogP contribution in [-0.2, 0) is 11.3 Å². The molecule has 2 fully saturated rings. The van der Waals surface area contributed by atoms with Gasteiger partial charge in [0.25, 0.3) is 0 Å². The van der Waals surface area contributed by atoms with E-state index in [1.54, 1.807) is 0 Å². The van der Waals surface area contributed by atoms with Crippen LogP contribution in [0.3, 0.4) is 0 Å². The molecule has 0 unspecified atom stereocenters. The standard InChI is InChI=1S/C14H19NO/c1-2-5-13(6-3-1)11-15-9-10-16-12-14(15)7-4-8-14/h1-3,5-6H,4,7-12H2. The quantitative estimate of drug-likeness (QED) is 0.754. The number of nitrogens with zero attached hydrogens (tertiary/aromatic N) is 1. The molecule has 1 saturated heterocycles. The monoisotopic (exact) mass is 217 g/mol. The number of benzene rings is 1. The molecule has 2 aliphatic rings.